The number of nitrogens with one attached hydrogen (secondary N) is 1. The maximum Gasteiger partial charge on any atom is 0.331 e. The van der Waals surface area contributed by atoms with E-state index < -0.39 is 21.3 Å². The van der Waals surface area contributed by atoms with Gasteiger partial charge in [0, 0.05) is 26.7 Å². The lowest BCUT2D eigenvalue weighted by Gasteiger charge is -2.17. The standard InChI is InChI=1S/C24H28N4O5S/c1-17(18-8-4-3-5-9-18)15-25-34(32,33)19-10-11-21-20(14-19)23(30)28(24(31)26(21)2)16-22(29)27-12-6-7-13-27/h3-5,8-11,14,17,25H,6-7,12-13,15-16H2,1-2H3/t17-/m0/s1. The first-order valence-electron chi connectivity index (χ1n) is 11.2. The molecule has 34 heavy (non-hydrogen) atoms. The Bertz CT molecular complexity index is 1440. The van der Waals surface area contributed by atoms with E-state index in [9.17, 15) is 22.8 Å². The van der Waals surface area contributed by atoms with Gasteiger partial charge in [-0.1, -0.05) is 37.3 Å². The molecule has 1 fully saturated rings. The Hall–Kier alpha value is -3.24. The molecule has 10 heteroatoms. The van der Waals surface area contributed by atoms with Crippen LogP contribution >= 0.6 is 0 Å². The minimum absolute atomic E-state index is 0.0499. The Morgan fingerprint density at radius 3 is 2.41 bits per heavy atom. The van der Waals surface area contributed by atoms with Gasteiger partial charge in [0.05, 0.1) is 15.8 Å². The lowest BCUT2D eigenvalue weighted by Crippen LogP contribution is -2.43. The number of fused-ring (bicyclic) bond motifs is 1. The van der Waals surface area contributed by atoms with E-state index in [0.29, 0.717) is 18.6 Å². The number of hydrogen-bond acceptors (Lipinski definition) is 5. The monoisotopic (exact) mass is 484 g/mol. The number of sulfonamides is 1. The molecular formula is C24H28N4O5S. The third kappa shape index (κ3) is 4.69. The quantitative estimate of drug-likeness (QED) is 0.545. The fourth-order valence-corrected chi connectivity index (χ4v) is 5.38. The Labute approximate surface area is 197 Å². The molecule has 1 atom stereocenters. The van der Waals surface area contributed by atoms with Gasteiger partial charge >= 0.3 is 5.69 Å². The van der Waals surface area contributed by atoms with Gasteiger partial charge in [0.15, 0.2) is 0 Å². The molecule has 1 saturated heterocycles. The minimum Gasteiger partial charge on any atom is -0.341 e. The van der Waals surface area contributed by atoms with Crippen molar-refractivity contribution in [3.8, 4) is 0 Å². The molecule has 2 heterocycles. The first-order chi connectivity index (χ1) is 16.2. The van der Waals surface area contributed by atoms with Crippen molar-refractivity contribution in [1.29, 1.82) is 0 Å². The molecule has 0 saturated carbocycles. The minimum atomic E-state index is -3.90. The molecule has 1 aliphatic rings. The second-order valence-corrected chi connectivity index (χ2v) is 10.4. The molecule has 1 N–H and O–H groups in total. The van der Waals surface area contributed by atoms with Gasteiger partial charge in [-0.15, -0.1) is 0 Å². The van der Waals surface area contributed by atoms with E-state index in [0.717, 1.165) is 23.0 Å². The van der Waals surface area contributed by atoms with E-state index in [-0.39, 0.29) is 35.2 Å². The largest absolute Gasteiger partial charge is 0.341 e. The van der Waals surface area contributed by atoms with Gasteiger partial charge in [0.25, 0.3) is 5.56 Å². The number of aryl methyl sites for hydroxylation is 1. The summed E-state index contributed by atoms with van der Waals surface area (Å²) >= 11 is 0. The number of hydrogen-bond donors (Lipinski definition) is 1. The van der Waals surface area contributed by atoms with Crippen LogP contribution in [0.5, 0.6) is 0 Å². The molecule has 0 unspecified atom stereocenters. The number of carbonyl (C=O) groups excluding carboxylic acids is 1. The molecule has 0 bridgehead atoms. The average Bonchev–Trinajstić information content (AvgIpc) is 3.39. The SMILES string of the molecule is C[C@@H](CNS(=O)(=O)c1ccc2c(c1)c(=O)n(CC(=O)N1CCCC1)c(=O)n2C)c1ccccc1. The smallest absolute Gasteiger partial charge is 0.331 e. The molecule has 180 valence electrons. The normalized spacial score (nSPS) is 15.1. The summed E-state index contributed by atoms with van der Waals surface area (Å²) in [4.78, 5) is 40.0. The predicted octanol–water partition coefficient (Wildman–Crippen LogP) is 1.40. The summed E-state index contributed by atoms with van der Waals surface area (Å²) in [6.45, 7) is 2.95. The van der Waals surface area contributed by atoms with Crippen LogP contribution in [-0.4, -0.2) is 48.0 Å². The van der Waals surface area contributed by atoms with Gasteiger partial charge in [0.1, 0.15) is 6.54 Å². The van der Waals surface area contributed by atoms with Crippen LogP contribution in [0, 0.1) is 0 Å². The van der Waals surface area contributed by atoms with Crippen LogP contribution in [-0.2, 0) is 28.4 Å². The number of nitrogens with zero attached hydrogens (tertiary/aromatic N) is 3. The summed E-state index contributed by atoms with van der Waals surface area (Å²) in [5.74, 6) is -0.345. The number of carbonyl (C=O) groups is 1. The zero-order valence-corrected chi connectivity index (χ0v) is 20.0. The second-order valence-electron chi connectivity index (χ2n) is 8.66. The van der Waals surface area contributed by atoms with Gasteiger partial charge in [-0.2, -0.15) is 0 Å². The van der Waals surface area contributed by atoms with Crippen molar-refractivity contribution < 1.29 is 13.2 Å². The summed E-state index contributed by atoms with van der Waals surface area (Å²) in [5.41, 5.74) is 0.0107. The molecular weight excluding hydrogens is 456 g/mol. The molecule has 0 aliphatic carbocycles. The zero-order valence-electron chi connectivity index (χ0n) is 19.2. The van der Waals surface area contributed by atoms with E-state index in [1.165, 1.54) is 29.8 Å². The Balaban J connectivity index is 1.65. The topological polar surface area (TPSA) is 110 Å². The number of benzene rings is 2. The van der Waals surface area contributed by atoms with E-state index in [4.69, 9.17) is 0 Å². The van der Waals surface area contributed by atoms with Gasteiger partial charge in [-0.25, -0.2) is 17.9 Å². The maximum atomic E-state index is 13.1. The number of likely N-dealkylation sites (tertiary alicyclic amines) is 1. The van der Waals surface area contributed by atoms with Gasteiger partial charge in [0.2, 0.25) is 15.9 Å². The second kappa shape index (κ2) is 9.55. The van der Waals surface area contributed by atoms with Crippen molar-refractivity contribution >= 4 is 26.8 Å². The fourth-order valence-electron chi connectivity index (χ4n) is 4.22. The number of amides is 1. The molecule has 1 aliphatic heterocycles. The highest BCUT2D eigenvalue weighted by atomic mass is 32.2. The summed E-state index contributed by atoms with van der Waals surface area (Å²) in [6, 6.07) is 13.6. The molecule has 1 aromatic heterocycles. The van der Waals surface area contributed by atoms with Crippen LogP contribution in [0.1, 0.15) is 31.2 Å². The van der Waals surface area contributed by atoms with Crippen LogP contribution in [0.2, 0.25) is 0 Å². The Morgan fingerprint density at radius 1 is 1.06 bits per heavy atom. The zero-order chi connectivity index (χ0) is 24.5. The summed E-state index contributed by atoms with van der Waals surface area (Å²) in [7, 11) is -2.41. The molecule has 2 aromatic carbocycles. The number of aromatic nitrogens is 2. The first kappa shape index (κ1) is 23.9. The third-order valence-electron chi connectivity index (χ3n) is 6.33. The van der Waals surface area contributed by atoms with Crippen LogP contribution in [0.25, 0.3) is 10.9 Å². The van der Waals surface area contributed by atoms with Crippen LogP contribution in [0.15, 0.2) is 63.0 Å². The van der Waals surface area contributed by atoms with Crippen LogP contribution in [0.4, 0.5) is 0 Å². The van der Waals surface area contributed by atoms with Gasteiger partial charge in [-0.3, -0.25) is 18.7 Å². The van der Waals surface area contributed by atoms with Crippen molar-refractivity contribution in [2.75, 3.05) is 19.6 Å². The summed E-state index contributed by atoms with van der Waals surface area (Å²) < 4.78 is 30.7. The Morgan fingerprint density at radius 2 is 1.74 bits per heavy atom. The molecule has 3 aromatic rings. The van der Waals surface area contributed by atoms with E-state index in [1.807, 2.05) is 37.3 Å². The number of rotatable bonds is 7. The van der Waals surface area contributed by atoms with Gasteiger partial charge in [-0.05, 0) is 42.5 Å². The molecule has 0 radical (unpaired) electrons. The predicted molar refractivity (Wildman–Crippen MR) is 129 cm³/mol. The highest BCUT2D eigenvalue weighted by Gasteiger charge is 2.22. The maximum absolute atomic E-state index is 13.1. The highest BCUT2D eigenvalue weighted by Crippen LogP contribution is 2.18. The van der Waals surface area contributed by atoms with Crippen molar-refractivity contribution in [1.82, 2.24) is 18.8 Å². The average molecular weight is 485 g/mol. The van der Waals surface area contributed by atoms with Crippen LogP contribution in [0.3, 0.4) is 0 Å². The Kier molecular flexibility index (Phi) is 6.72. The van der Waals surface area contributed by atoms with Crippen LogP contribution < -0.4 is 16.0 Å². The molecule has 9 nitrogen and oxygen atoms in total. The van der Waals surface area contributed by atoms with E-state index in [1.54, 1.807) is 4.90 Å². The summed E-state index contributed by atoms with van der Waals surface area (Å²) in [5, 5.41) is 0.0651. The van der Waals surface area contributed by atoms with Gasteiger partial charge < -0.3 is 4.90 Å². The molecule has 0 spiro atoms. The van der Waals surface area contributed by atoms with E-state index >= 15 is 0 Å². The van der Waals surface area contributed by atoms with Crippen molar-refractivity contribution in [3.63, 3.8) is 0 Å². The van der Waals surface area contributed by atoms with Crippen molar-refractivity contribution in [3.05, 3.63) is 74.9 Å². The van der Waals surface area contributed by atoms with E-state index in [2.05, 4.69) is 4.72 Å². The first-order valence-corrected chi connectivity index (χ1v) is 12.7. The van der Waals surface area contributed by atoms with Crippen molar-refractivity contribution in [2.45, 2.75) is 37.1 Å². The molecule has 1 amide bonds. The third-order valence-corrected chi connectivity index (χ3v) is 7.75. The van der Waals surface area contributed by atoms with Crippen molar-refractivity contribution in [2.24, 2.45) is 7.05 Å². The highest BCUT2D eigenvalue weighted by molar-refractivity contribution is 7.89. The lowest BCUT2D eigenvalue weighted by atomic mass is 10.0. The fraction of sp³-hybridized carbons (Fsp3) is 0.375. The lowest BCUT2D eigenvalue weighted by molar-refractivity contribution is -0.130. The summed E-state index contributed by atoms with van der Waals surface area (Å²) in [6.07, 6.45) is 1.79. The molecule has 4 rings (SSSR count).